The zero-order valence-electron chi connectivity index (χ0n) is 15.7. The lowest BCUT2D eigenvalue weighted by molar-refractivity contribution is -0.0458. The minimum Gasteiger partial charge on any atom is -0.440 e. The van der Waals surface area contributed by atoms with Crippen LogP contribution in [0.5, 0.6) is 0 Å². The van der Waals surface area contributed by atoms with E-state index in [2.05, 4.69) is 39.5 Å². The van der Waals surface area contributed by atoms with E-state index in [9.17, 15) is 4.79 Å². The van der Waals surface area contributed by atoms with E-state index in [0.717, 1.165) is 36.4 Å². The van der Waals surface area contributed by atoms with Crippen LogP contribution in [-0.4, -0.2) is 34.0 Å². The number of oxazole rings is 1. The van der Waals surface area contributed by atoms with Crippen LogP contribution < -0.4 is 11.1 Å². The zero-order valence-corrected chi connectivity index (χ0v) is 15.7. The highest BCUT2D eigenvalue weighted by atomic mass is 16.3. The fraction of sp³-hybridized carbons (Fsp3) is 0.364. The van der Waals surface area contributed by atoms with Crippen LogP contribution in [0.15, 0.2) is 52.9 Å². The lowest BCUT2D eigenvalue weighted by Gasteiger charge is -2.55. The Morgan fingerprint density at radius 2 is 1.79 bits per heavy atom. The highest BCUT2D eigenvalue weighted by Gasteiger charge is 2.45. The first-order valence-corrected chi connectivity index (χ1v) is 9.88. The number of nitrogens with zero attached hydrogens (tertiary/aromatic N) is 2. The molecule has 2 unspecified atom stereocenters. The number of fused-ring (bicyclic) bond motifs is 3. The van der Waals surface area contributed by atoms with E-state index in [1.165, 1.54) is 17.5 Å². The highest BCUT2D eigenvalue weighted by molar-refractivity contribution is 5.72. The van der Waals surface area contributed by atoms with Gasteiger partial charge in [-0.2, -0.15) is 0 Å². The van der Waals surface area contributed by atoms with Crippen LogP contribution in [0, 0.1) is 0 Å². The van der Waals surface area contributed by atoms with Crippen molar-refractivity contribution >= 4 is 17.1 Å². The van der Waals surface area contributed by atoms with E-state index >= 15 is 0 Å². The normalized spacial score (nSPS) is 24.1. The highest BCUT2D eigenvalue weighted by Crippen LogP contribution is 2.39. The summed E-state index contributed by atoms with van der Waals surface area (Å²) in [6.07, 6.45) is 3.92. The lowest BCUT2D eigenvalue weighted by Crippen LogP contribution is -2.64. The smallest absolute Gasteiger partial charge is 0.312 e. The molecule has 3 aromatic rings. The maximum absolute atomic E-state index is 11.1. The Labute approximate surface area is 163 Å². The van der Waals surface area contributed by atoms with E-state index < -0.39 is 6.03 Å². The van der Waals surface area contributed by atoms with Crippen molar-refractivity contribution < 1.29 is 9.21 Å². The number of rotatable bonds is 5. The summed E-state index contributed by atoms with van der Waals surface area (Å²) in [6.45, 7) is 0.960. The molecule has 28 heavy (non-hydrogen) atoms. The van der Waals surface area contributed by atoms with E-state index in [1.807, 2.05) is 24.3 Å². The van der Waals surface area contributed by atoms with Crippen molar-refractivity contribution in [1.29, 1.82) is 0 Å². The average Bonchev–Trinajstić information content (AvgIpc) is 3.09. The number of piperidine rings is 1. The van der Waals surface area contributed by atoms with E-state index in [0.29, 0.717) is 18.5 Å². The summed E-state index contributed by atoms with van der Waals surface area (Å²) < 4.78 is 5.82. The fourth-order valence-corrected chi connectivity index (χ4v) is 4.68. The Balaban J connectivity index is 1.20. The van der Waals surface area contributed by atoms with Gasteiger partial charge in [-0.3, -0.25) is 4.90 Å². The second-order valence-electron chi connectivity index (χ2n) is 7.96. The van der Waals surface area contributed by atoms with E-state index in [1.54, 1.807) is 0 Å². The van der Waals surface area contributed by atoms with Crippen molar-refractivity contribution in [2.75, 3.05) is 0 Å². The number of nitrogens with two attached hydrogens (primary N) is 1. The second kappa shape index (κ2) is 6.95. The first kappa shape index (κ1) is 17.3. The van der Waals surface area contributed by atoms with Gasteiger partial charge in [0.15, 0.2) is 11.5 Å². The van der Waals surface area contributed by atoms with Crippen LogP contribution in [0.4, 0.5) is 4.79 Å². The van der Waals surface area contributed by atoms with Crippen LogP contribution in [0.3, 0.4) is 0 Å². The van der Waals surface area contributed by atoms with Crippen molar-refractivity contribution in [2.45, 2.75) is 50.4 Å². The number of amides is 2. The first-order valence-electron chi connectivity index (χ1n) is 9.88. The number of nitrogens with one attached hydrogen (secondary N) is 1. The van der Waals surface area contributed by atoms with Gasteiger partial charge in [-0.1, -0.05) is 36.4 Å². The zero-order chi connectivity index (χ0) is 19.1. The summed E-state index contributed by atoms with van der Waals surface area (Å²) in [5.41, 5.74) is 9.51. The molecule has 1 saturated carbocycles. The Bertz CT molecular complexity index is 952. The quantitative estimate of drug-likeness (QED) is 0.716. The van der Waals surface area contributed by atoms with Gasteiger partial charge in [0.2, 0.25) is 0 Å². The summed E-state index contributed by atoms with van der Waals surface area (Å²) in [6, 6.07) is 17.5. The minimum absolute atomic E-state index is 0.233. The SMILES string of the molecule is NC(=O)NC1CC2C[C@@H](C1)N2Cc1ccc(Cc2nc3ccccc3o2)cc1. The van der Waals surface area contributed by atoms with E-state index in [-0.39, 0.29) is 6.04 Å². The molecule has 1 aromatic heterocycles. The molecule has 0 radical (unpaired) electrons. The third kappa shape index (κ3) is 3.36. The molecular weight excluding hydrogens is 352 g/mol. The molecule has 3 N–H and O–H groups in total. The molecule has 6 rings (SSSR count). The van der Waals surface area contributed by atoms with Crippen LogP contribution in [0.1, 0.15) is 36.3 Å². The van der Waals surface area contributed by atoms with Crippen molar-refractivity contribution in [1.82, 2.24) is 15.2 Å². The molecule has 3 atom stereocenters. The molecule has 6 nitrogen and oxygen atoms in total. The van der Waals surface area contributed by atoms with Crippen LogP contribution >= 0.6 is 0 Å². The molecule has 2 saturated heterocycles. The molecule has 2 aromatic carbocycles. The average molecular weight is 376 g/mol. The summed E-state index contributed by atoms with van der Waals surface area (Å²) in [5, 5.41) is 2.86. The third-order valence-corrected chi connectivity index (χ3v) is 6.02. The predicted molar refractivity (Wildman–Crippen MR) is 107 cm³/mol. The first-order chi connectivity index (χ1) is 13.6. The molecule has 0 spiro atoms. The number of carbonyl (C=O) groups excluding carboxylic acids is 1. The number of benzene rings is 2. The molecule has 2 amide bonds. The largest absolute Gasteiger partial charge is 0.440 e. The third-order valence-electron chi connectivity index (χ3n) is 6.02. The Kier molecular flexibility index (Phi) is 4.28. The van der Waals surface area contributed by atoms with Crippen molar-refractivity contribution in [2.24, 2.45) is 5.73 Å². The predicted octanol–water partition coefficient (Wildman–Crippen LogP) is 3.19. The number of urea groups is 1. The number of para-hydroxylation sites is 2. The molecule has 1 aliphatic carbocycles. The van der Waals surface area contributed by atoms with Gasteiger partial charge in [0.05, 0.1) is 0 Å². The second-order valence-corrected chi connectivity index (χ2v) is 7.96. The van der Waals surface area contributed by atoms with Gasteiger partial charge >= 0.3 is 6.03 Å². The molecular formula is C22H24N4O2. The van der Waals surface area contributed by atoms with Gasteiger partial charge in [-0.25, -0.2) is 9.78 Å². The van der Waals surface area contributed by atoms with Crippen molar-refractivity contribution in [3.8, 4) is 0 Å². The van der Waals surface area contributed by atoms with Crippen LogP contribution in [0.2, 0.25) is 0 Å². The standard InChI is InChI=1S/C22H24N4O2/c23-22(27)24-16-10-17-12-18(11-16)26(17)13-15-7-5-14(6-8-15)9-21-25-19-3-1-2-4-20(19)28-21/h1-8,16-18H,9-13H2,(H3,23,24,27)/t16?,17-,18?/m1/s1. The summed E-state index contributed by atoms with van der Waals surface area (Å²) in [7, 11) is 0. The monoisotopic (exact) mass is 376 g/mol. The number of carbonyl (C=O) groups is 1. The van der Waals surface area contributed by atoms with Crippen LogP contribution in [-0.2, 0) is 13.0 Å². The number of primary amides is 1. The molecule has 2 aliphatic heterocycles. The summed E-state index contributed by atoms with van der Waals surface area (Å²) in [5.74, 6) is 0.749. The number of hydrogen-bond acceptors (Lipinski definition) is 4. The van der Waals surface area contributed by atoms with Crippen molar-refractivity contribution in [3.63, 3.8) is 0 Å². The molecule has 3 heterocycles. The summed E-state index contributed by atoms with van der Waals surface area (Å²) in [4.78, 5) is 18.2. The fourth-order valence-electron chi connectivity index (χ4n) is 4.68. The van der Waals surface area contributed by atoms with Gasteiger partial charge in [-0.05, 0) is 42.5 Å². The van der Waals surface area contributed by atoms with Crippen molar-refractivity contribution in [3.05, 3.63) is 65.5 Å². The molecule has 3 aliphatic rings. The van der Waals surface area contributed by atoms with Crippen LogP contribution in [0.25, 0.3) is 11.1 Å². The Morgan fingerprint density at radius 3 is 2.50 bits per heavy atom. The molecule has 2 bridgehead atoms. The van der Waals surface area contributed by atoms with Gasteiger partial charge < -0.3 is 15.5 Å². The Morgan fingerprint density at radius 1 is 1.07 bits per heavy atom. The maximum Gasteiger partial charge on any atom is 0.312 e. The summed E-state index contributed by atoms with van der Waals surface area (Å²) >= 11 is 0. The number of aromatic nitrogens is 1. The van der Waals surface area contributed by atoms with Gasteiger partial charge in [-0.15, -0.1) is 0 Å². The molecule has 3 fully saturated rings. The van der Waals surface area contributed by atoms with E-state index in [4.69, 9.17) is 10.2 Å². The lowest BCUT2D eigenvalue weighted by atomic mass is 9.76. The van der Waals surface area contributed by atoms with Gasteiger partial charge in [0.25, 0.3) is 0 Å². The molecule has 6 heteroatoms. The van der Waals surface area contributed by atoms with Gasteiger partial charge in [0, 0.05) is 31.1 Å². The topological polar surface area (TPSA) is 84.4 Å². The minimum atomic E-state index is -0.410. The molecule has 144 valence electrons. The maximum atomic E-state index is 11.1. The number of hydrogen-bond donors (Lipinski definition) is 2. The van der Waals surface area contributed by atoms with Gasteiger partial charge in [0.1, 0.15) is 5.52 Å². The Hall–Kier alpha value is -2.86.